The van der Waals surface area contributed by atoms with Crippen LogP contribution < -0.4 is 5.56 Å². The molecule has 4 rings (SSSR count). The van der Waals surface area contributed by atoms with Crippen molar-refractivity contribution in [3.8, 4) is 5.69 Å². The molecule has 2 heterocycles. The summed E-state index contributed by atoms with van der Waals surface area (Å²) in [7, 11) is 1.63. The van der Waals surface area contributed by atoms with Crippen LogP contribution in [0.15, 0.2) is 70.1 Å². The van der Waals surface area contributed by atoms with Gasteiger partial charge in [0.25, 0.3) is 11.5 Å². The zero-order valence-corrected chi connectivity index (χ0v) is 17.6. The number of carbonyl (C=O) groups excluding carboxylic acids is 1. The predicted octanol–water partition coefficient (Wildman–Crippen LogP) is 4.99. The fourth-order valence-corrected chi connectivity index (χ4v) is 3.77. The van der Waals surface area contributed by atoms with Gasteiger partial charge in [-0.25, -0.2) is 9.37 Å². The summed E-state index contributed by atoms with van der Waals surface area (Å²) in [5, 5.41) is 0.290. The van der Waals surface area contributed by atoms with E-state index in [1.54, 1.807) is 43.4 Å². The van der Waals surface area contributed by atoms with Crippen molar-refractivity contribution in [2.24, 2.45) is 0 Å². The molecule has 1 unspecified atom stereocenters. The highest BCUT2D eigenvalue weighted by molar-refractivity contribution is 6.30. The van der Waals surface area contributed by atoms with E-state index in [-0.39, 0.29) is 22.2 Å². The number of benzene rings is 2. The SMILES string of the molecule is CCC(c1nc2ccccc2c(=O)n1-c1ccc(F)c(Cl)c1)N(C)C(=O)c1ccco1. The second kappa shape index (κ2) is 8.35. The average molecular weight is 440 g/mol. The third kappa shape index (κ3) is 3.72. The summed E-state index contributed by atoms with van der Waals surface area (Å²) >= 11 is 5.99. The van der Waals surface area contributed by atoms with E-state index >= 15 is 0 Å². The molecule has 0 N–H and O–H groups in total. The van der Waals surface area contributed by atoms with Gasteiger partial charge in [0, 0.05) is 7.05 Å². The van der Waals surface area contributed by atoms with Crippen LogP contribution in [-0.2, 0) is 0 Å². The number of fused-ring (bicyclic) bond motifs is 1. The highest BCUT2D eigenvalue weighted by Gasteiger charge is 2.28. The molecule has 1 atom stereocenters. The number of hydrogen-bond acceptors (Lipinski definition) is 4. The molecule has 0 saturated carbocycles. The molecule has 0 radical (unpaired) electrons. The molecule has 158 valence electrons. The standard InChI is InChI=1S/C23H19ClFN3O3/c1-3-19(27(2)23(30)20-9-6-12-31-20)21-26-18-8-5-4-7-15(18)22(29)28(21)14-10-11-17(25)16(24)13-14/h4-13,19H,3H2,1-2H3. The first-order valence-corrected chi connectivity index (χ1v) is 10.1. The summed E-state index contributed by atoms with van der Waals surface area (Å²) in [6, 6.07) is 13.6. The normalized spacial score (nSPS) is 12.1. The van der Waals surface area contributed by atoms with Gasteiger partial charge in [-0.1, -0.05) is 30.7 Å². The van der Waals surface area contributed by atoms with Crippen LogP contribution in [0.1, 0.15) is 35.8 Å². The van der Waals surface area contributed by atoms with Crippen LogP contribution >= 0.6 is 11.6 Å². The molecule has 0 aliphatic rings. The van der Waals surface area contributed by atoms with Crippen LogP contribution in [0.2, 0.25) is 5.02 Å². The number of nitrogens with zero attached hydrogens (tertiary/aromatic N) is 3. The minimum absolute atomic E-state index is 0.114. The van der Waals surface area contributed by atoms with Gasteiger partial charge in [-0.05, 0) is 48.9 Å². The number of amides is 1. The zero-order valence-electron chi connectivity index (χ0n) is 16.9. The summed E-state index contributed by atoms with van der Waals surface area (Å²) in [5.41, 5.74) is 0.534. The minimum Gasteiger partial charge on any atom is -0.459 e. The van der Waals surface area contributed by atoms with E-state index in [4.69, 9.17) is 21.0 Å². The number of carbonyl (C=O) groups is 1. The Balaban J connectivity index is 1.95. The van der Waals surface area contributed by atoms with Crippen LogP contribution in [0, 0.1) is 5.82 Å². The predicted molar refractivity (Wildman–Crippen MR) is 116 cm³/mol. The first-order valence-electron chi connectivity index (χ1n) is 9.70. The maximum absolute atomic E-state index is 13.8. The van der Waals surface area contributed by atoms with Crippen molar-refractivity contribution in [3.05, 3.63) is 93.6 Å². The number of aromatic nitrogens is 2. The lowest BCUT2D eigenvalue weighted by Crippen LogP contribution is -2.35. The molecular weight excluding hydrogens is 421 g/mol. The van der Waals surface area contributed by atoms with Crippen LogP contribution in [0.3, 0.4) is 0 Å². The summed E-state index contributed by atoms with van der Waals surface area (Å²) < 4.78 is 20.4. The monoisotopic (exact) mass is 439 g/mol. The van der Waals surface area contributed by atoms with Gasteiger partial charge >= 0.3 is 0 Å². The van der Waals surface area contributed by atoms with Crippen LogP contribution in [0.4, 0.5) is 4.39 Å². The van der Waals surface area contributed by atoms with Gasteiger partial charge in [-0.3, -0.25) is 14.2 Å². The molecular formula is C23H19ClFN3O3. The van der Waals surface area contributed by atoms with Gasteiger partial charge in [0.05, 0.1) is 33.9 Å². The van der Waals surface area contributed by atoms with Crippen LogP contribution in [-0.4, -0.2) is 27.4 Å². The van der Waals surface area contributed by atoms with Gasteiger partial charge in [-0.15, -0.1) is 0 Å². The molecule has 31 heavy (non-hydrogen) atoms. The van der Waals surface area contributed by atoms with Gasteiger partial charge in [0.15, 0.2) is 5.76 Å². The quantitative estimate of drug-likeness (QED) is 0.439. The zero-order chi connectivity index (χ0) is 22.1. The summed E-state index contributed by atoms with van der Waals surface area (Å²) in [6.45, 7) is 1.89. The number of rotatable bonds is 5. The van der Waals surface area contributed by atoms with Crippen molar-refractivity contribution >= 4 is 28.4 Å². The Morgan fingerprint density at radius 3 is 2.68 bits per heavy atom. The Labute approximate surface area is 182 Å². The molecule has 2 aromatic carbocycles. The van der Waals surface area contributed by atoms with E-state index in [9.17, 15) is 14.0 Å². The Morgan fingerprint density at radius 1 is 1.23 bits per heavy atom. The van der Waals surface area contributed by atoms with Crippen molar-refractivity contribution in [2.45, 2.75) is 19.4 Å². The Hall–Kier alpha value is -3.45. The van der Waals surface area contributed by atoms with Crippen LogP contribution in [0.25, 0.3) is 16.6 Å². The second-order valence-electron chi connectivity index (χ2n) is 7.04. The molecule has 0 fully saturated rings. The highest BCUT2D eigenvalue weighted by atomic mass is 35.5. The molecule has 2 aromatic heterocycles. The van der Waals surface area contributed by atoms with Gasteiger partial charge in [0.2, 0.25) is 0 Å². The largest absolute Gasteiger partial charge is 0.459 e. The fraction of sp³-hybridized carbons (Fsp3) is 0.174. The average Bonchev–Trinajstić information content (AvgIpc) is 3.31. The van der Waals surface area contributed by atoms with Crippen LogP contribution in [0.5, 0.6) is 0 Å². The topological polar surface area (TPSA) is 68.3 Å². The molecule has 0 spiro atoms. The van der Waals surface area contributed by atoms with E-state index < -0.39 is 11.9 Å². The van der Waals surface area contributed by atoms with E-state index in [0.29, 0.717) is 28.8 Å². The number of hydrogen-bond donors (Lipinski definition) is 0. The third-order valence-electron chi connectivity index (χ3n) is 5.17. The molecule has 6 nitrogen and oxygen atoms in total. The van der Waals surface area contributed by atoms with E-state index in [2.05, 4.69) is 0 Å². The molecule has 0 aliphatic carbocycles. The van der Waals surface area contributed by atoms with Gasteiger partial charge in [-0.2, -0.15) is 0 Å². The minimum atomic E-state index is -0.592. The lowest BCUT2D eigenvalue weighted by atomic mass is 10.1. The van der Waals surface area contributed by atoms with Crippen molar-refractivity contribution in [2.75, 3.05) is 7.05 Å². The Bertz CT molecular complexity index is 1320. The first-order chi connectivity index (χ1) is 14.9. The smallest absolute Gasteiger partial charge is 0.289 e. The molecule has 8 heteroatoms. The maximum Gasteiger partial charge on any atom is 0.289 e. The summed E-state index contributed by atoms with van der Waals surface area (Å²) in [6.07, 6.45) is 1.90. The fourth-order valence-electron chi connectivity index (χ4n) is 3.59. The molecule has 1 amide bonds. The number of furan rings is 1. The molecule has 0 aliphatic heterocycles. The summed E-state index contributed by atoms with van der Waals surface area (Å²) in [5.74, 6) is -0.411. The molecule has 0 bridgehead atoms. The first kappa shape index (κ1) is 20.8. The Morgan fingerprint density at radius 2 is 2.00 bits per heavy atom. The van der Waals surface area contributed by atoms with Gasteiger partial charge in [0.1, 0.15) is 11.6 Å². The Kier molecular flexibility index (Phi) is 5.61. The van der Waals surface area contributed by atoms with Crippen molar-refractivity contribution in [1.82, 2.24) is 14.5 Å². The van der Waals surface area contributed by atoms with Crippen molar-refractivity contribution in [3.63, 3.8) is 0 Å². The highest BCUT2D eigenvalue weighted by Crippen LogP contribution is 2.27. The van der Waals surface area contributed by atoms with E-state index in [0.717, 1.165) is 0 Å². The van der Waals surface area contributed by atoms with Crippen molar-refractivity contribution in [1.29, 1.82) is 0 Å². The van der Waals surface area contributed by atoms with Crippen molar-refractivity contribution < 1.29 is 13.6 Å². The third-order valence-corrected chi connectivity index (χ3v) is 5.46. The van der Waals surface area contributed by atoms with Gasteiger partial charge < -0.3 is 9.32 Å². The maximum atomic E-state index is 13.8. The molecule has 0 saturated heterocycles. The second-order valence-corrected chi connectivity index (χ2v) is 7.45. The number of halogens is 2. The number of para-hydroxylation sites is 1. The summed E-state index contributed by atoms with van der Waals surface area (Å²) in [4.78, 5) is 32.6. The molecule has 4 aromatic rings. The van der Waals surface area contributed by atoms with E-state index in [1.807, 2.05) is 6.92 Å². The lowest BCUT2D eigenvalue weighted by molar-refractivity contribution is 0.0684. The van der Waals surface area contributed by atoms with E-state index in [1.165, 1.54) is 33.9 Å². The lowest BCUT2D eigenvalue weighted by Gasteiger charge is -2.28.